The second-order valence-corrected chi connectivity index (χ2v) is 4.70. The van der Waals surface area contributed by atoms with Crippen LogP contribution in [0, 0.1) is 6.92 Å². The van der Waals surface area contributed by atoms with Gasteiger partial charge in [-0.1, -0.05) is 17.7 Å². The minimum atomic E-state index is 1.21. The molecule has 0 bridgehead atoms. The standard InChI is InChI=1S/C13H11NS/c1-9-4-5-11-10(7-9)8-12(14-11)13-3-2-6-15-13/h2-8,14H,1H3. The number of thiophene rings is 1. The van der Waals surface area contributed by atoms with Gasteiger partial charge in [-0.15, -0.1) is 11.3 Å². The third kappa shape index (κ3) is 1.47. The second-order valence-electron chi connectivity index (χ2n) is 3.75. The molecule has 1 aromatic carbocycles. The van der Waals surface area contributed by atoms with Gasteiger partial charge in [-0.3, -0.25) is 0 Å². The first-order valence-corrected chi connectivity index (χ1v) is 5.84. The fourth-order valence-electron chi connectivity index (χ4n) is 1.82. The molecule has 0 fully saturated rings. The van der Waals surface area contributed by atoms with Gasteiger partial charge in [-0.2, -0.15) is 0 Å². The molecular weight excluding hydrogens is 202 g/mol. The Labute approximate surface area is 92.4 Å². The Morgan fingerprint density at radius 1 is 1.13 bits per heavy atom. The van der Waals surface area contributed by atoms with Crippen LogP contribution in [0.25, 0.3) is 21.5 Å². The quantitative estimate of drug-likeness (QED) is 0.623. The number of hydrogen-bond acceptors (Lipinski definition) is 1. The van der Waals surface area contributed by atoms with Crippen LogP contribution >= 0.6 is 11.3 Å². The highest BCUT2D eigenvalue weighted by Gasteiger charge is 2.03. The Kier molecular flexibility index (Phi) is 1.89. The molecule has 1 N–H and O–H groups in total. The highest BCUT2D eigenvalue weighted by molar-refractivity contribution is 7.13. The van der Waals surface area contributed by atoms with Gasteiger partial charge in [0.05, 0.1) is 10.6 Å². The summed E-state index contributed by atoms with van der Waals surface area (Å²) in [6.45, 7) is 2.12. The summed E-state index contributed by atoms with van der Waals surface area (Å²) in [6, 6.07) is 12.9. The van der Waals surface area contributed by atoms with Crippen LogP contribution in [0.2, 0.25) is 0 Å². The fraction of sp³-hybridized carbons (Fsp3) is 0.0769. The molecule has 3 aromatic rings. The number of aryl methyl sites for hydroxylation is 1. The van der Waals surface area contributed by atoms with E-state index in [-0.39, 0.29) is 0 Å². The molecule has 74 valence electrons. The number of rotatable bonds is 1. The van der Waals surface area contributed by atoms with E-state index in [4.69, 9.17) is 0 Å². The first-order valence-electron chi connectivity index (χ1n) is 4.96. The number of hydrogen-bond donors (Lipinski definition) is 1. The van der Waals surface area contributed by atoms with Gasteiger partial charge in [0.15, 0.2) is 0 Å². The lowest BCUT2D eigenvalue weighted by Gasteiger charge is -1.90. The normalized spacial score (nSPS) is 11.0. The van der Waals surface area contributed by atoms with Crippen LogP contribution in [0.5, 0.6) is 0 Å². The summed E-state index contributed by atoms with van der Waals surface area (Å²) >= 11 is 1.76. The van der Waals surface area contributed by atoms with Crippen LogP contribution in [0.1, 0.15) is 5.56 Å². The summed E-state index contributed by atoms with van der Waals surface area (Å²) < 4.78 is 0. The molecule has 0 unspecified atom stereocenters. The molecule has 0 saturated heterocycles. The van der Waals surface area contributed by atoms with E-state index in [0.29, 0.717) is 0 Å². The van der Waals surface area contributed by atoms with E-state index in [1.165, 1.54) is 27.0 Å². The van der Waals surface area contributed by atoms with Crippen molar-refractivity contribution in [2.24, 2.45) is 0 Å². The maximum Gasteiger partial charge on any atom is 0.0566 e. The Hall–Kier alpha value is -1.54. The number of benzene rings is 1. The van der Waals surface area contributed by atoms with Crippen molar-refractivity contribution < 1.29 is 0 Å². The van der Waals surface area contributed by atoms with Crippen LogP contribution in [0.15, 0.2) is 41.8 Å². The molecule has 0 aliphatic rings. The molecule has 0 atom stereocenters. The summed E-state index contributed by atoms with van der Waals surface area (Å²) in [5.74, 6) is 0. The molecule has 2 heterocycles. The zero-order valence-electron chi connectivity index (χ0n) is 8.45. The average Bonchev–Trinajstić information content (AvgIpc) is 2.84. The first-order chi connectivity index (χ1) is 7.33. The van der Waals surface area contributed by atoms with E-state index in [1.54, 1.807) is 11.3 Å². The van der Waals surface area contributed by atoms with Crippen LogP contribution < -0.4 is 0 Å². The van der Waals surface area contributed by atoms with E-state index in [2.05, 4.69) is 53.7 Å². The molecule has 1 nitrogen and oxygen atoms in total. The Bertz CT molecular complexity index is 590. The minimum absolute atomic E-state index is 1.21. The van der Waals surface area contributed by atoms with Gasteiger partial charge in [0.25, 0.3) is 0 Å². The van der Waals surface area contributed by atoms with Gasteiger partial charge in [-0.25, -0.2) is 0 Å². The van der Waals surface area contributed by atoms with Gasteiger partial charge in [0.1, 0.15) is 0 Å². The smallest absolute Gasteiger partial charge is 0.0566 e. The highest BCUT2D eigenvalue weighted by Crippen LogP contribution is 2.27. The number of H-pyrrole nitrogens is 1. The van der Waals surface area contributed by atoms with Crippen molar-refractivity contribution >= 4 is 22.2 Å². The highest BCUT2D eigenvalue weighted by atomic mass is 32.1. The summed E-state index contributed by atoms with van der Waals surface area (Å²) in [5, 5.41) is 3.39. The topological polar surface area (TPSA) is 15.8 Å². The fourth-order valence-corrected chi connectivity index (χ4v) is 2.51. The van der Waals surface area contributed by atoms with Gasteiger partial charge >= 0.3 is 0 Å². The third-order valence-corrected chi connectivity index (χ3v) is 3.47. The Morgan fingerprint density at radius 3 is 2.87 bits per heavy atom. The lowest BCUT2D eigenvalue weighted by molar-refractivity contribution is 1.46. The molecule has 2 aromatic heterocycles. The van der Waals surface area contributed by atoms with Crippen molar-refractivity contribution in [3.63, 3.8) is 0 Å². The number of nitrogens with one attached hydrogen (secondary N) is 1. The van der Waals surface area contributed by atoms with E-state index in [9.17, 15) is 0 Å². The zero-order valence-corrected chi connectivity index (χ0v) is 9.27. The van der Waals surface area contributed by atoms with E-state index in [1.807, 2.05) is 0 Å². The van der Waals surface area contributed by atoms with Crippen molar-refractivity contribution in [1.29, 1.82) is 0 Å². The number of fused-ring (bicyclic) bond motifs is 1. The maximum atomic E-state index is 3.44. The number of aromatic amines is 1. The Balaban J connectivity index is 2.22. The van der Waals surface area contributed by atoms with Crippen molar-refractivity contribution in [1.82, 2.24) is 4.98 Å². The van der Waals surface area contributed by atoms with Gasteiger partial charge in [0, 0.05) is 10.9 Å². The van der Waals surface area contributed by atoms with Crippen LogP contribution in [-0.4, -0.2) is 4.98 Å². The Morgan fingerprint density at radius 2 is 2.07 bits per heavy atom. The zero-order chi connectivity index (χ0) is 10.3. The lowest BCUT2D eigenvalue weighted by Crippen LogP contribution is -1.71. The number of aromatic nitrogens is 1. The molecule has 0 spiro atoms. The molecule has 0 aliphatic carbocycles. The van der Waals surface area contributed by atoms with E-state index < -0.39 is 0 Å². The molecule has 15 heavy (non-hydrogen) atoms. The third-order valence-electron chi connectivity index (χ3n) is 2.56. The molecular formula is C13H11NS. The van der Waals surface area contributed by atoms with Crippen LogP contribution in [-0.2, 0) is 0 Å². The van der Waals surface area contributed by atoms with E-state index in [0.717, 1.165) is 0 Å². The van der Waals surface area contributed by atoms with Crippen LogP contribution in [0.3, 0.4) is 0 Å². The van der Waals surface area contributed by atoms with Gasteiger partial charge in [-0.05, 0) is 36.6 Å². The summed E-state index contributed by atoms with van der Waals surface area (Å²) in [5.41, 5.74) is 3.73. The monoisotopic (exact) mass is 213 g/mol. The maximum absolute atomic E-state index is 3.44. The molecule has 3 rings (SSSR count). The molecule has 0 aliphatic heterocycles. The molecule has 0 radical (unpaired) electrons. The first kappa shape index (κ1) is 8.74. The largest absolute Gasteiger partial charge is 0.354 e. The SMILES string of the molecule is Cc1ccc2[nH]c(-c3cccs3)cc2c1. The predicted octanol–water partition coefficient (Wildman–Crippen LogP) is 4.20. The second kappa shape index (κ2) is 3.24. The van der Waals surface area contributed by atoms with Crippen molar-refractivity contribution in [2.75, 3.05) is 0 Å². The van der Waals surface area contributed by atoms with Crippen molar-refractivity contribution in [2.45, 2.75) is 6.92 Å². The minimum Gasteiger partial charge on any atom is -0.354 e. The van der Waals surface area contributed by atoms with Crippen molar-refractivity contribution in [3.8, 4) is 10.6 Å². The summed E-state index contributed by atoms with van der Waals surface area (Å²) in [7, 11) is 0. The van der Waals surface area contributed by atoms with E-state index >= 15 is 0 Å². The lowest BCUT2D eigenvalue weighted by atomic mass is 10.2. The van der Waals surface area contributed by atoms with Crippen molar-refractivity contribution in [3.05, 3.63) is 47.3 Å². The summed E-state index contributed by atoms with van der Waals surface area (Å²) in [6.07, 6.45) is 0. The average molecular weight is 213 g/mol. The van der Waals surface area contributed by atoms with Crippen LogP contribution in [0.4, 0.5) is 0 Å². The summed E-state index contributed by atoms with van der Waals surface area (Å²) in [4.78, 5) is 4.73. The molecule has 2 heteroatoms. The van der Waals surface area contributed by atoms with Gasteiger partial charge < -0.3 is 4.98 Å². The van der Waals surface area contributed by atoms with Gasteiger partial charge in [0.2, 0.25) is 0 Å². The molecule has 0 amide bonds. The predicted molar refractivity (Wildman–Crippen MR) is 66.3 cm³/mol. The molecule has 0 saturated carbocycles.